The molecule has 5 nitrogen and oxygen atoms in total. The van der Waals surface area contributed by atoms with Crippen LogP contribution in [-0.2, 0) is 9.84 Å². The number of nitrogens with zero attached hydrogens (tertiary/aromatic N) is 1. The smallest absolute Gasteiger partial charge is 0.189 e. The summed E-state index contributed by atoms with van der Waals surface area (Å²) in [6, 6.07) is 0. The molecule has 1 fully saturated rings. The van der Waals surface area contributed by atoms with Crippen LogP contribution in [0.25, 0.3) is 0 Å². The average Bonchev–Trinajstić information content (AvgIpc) is 2.12. The van der Waals surface area contributed by atoms with Crippen molar-refractivity contribution >= 4 is 15.8 Å². The molecule has 1 saturated heterocycles. The Morgan fingerprint density at radius 1 is 1.41 bits per heavy atom. The molecular weight excluding hydrogens is 238 g/mol. The van der Waals surface area contributed by atoms with Crippen LogP contribution in [-0.4, -0.2) is 37.5 Å². The number of nitrogens with one attached hydrogen (secondary N) is 1. The average molecular weight is 261 g/mol. The van der Waals surface area contributed by atoms with Crippen LogP contribution in [0.2, 0.25) is 0 Å². The zero-order chi connectivity index (χ0) is 13.1. The van der Waals surface area contributed by atoms with Crippen LogP contribution >= 0.6 is 0 Å². The predicted octanol–water partition coefficient (Wildman–Crippen LogP) is 0.657. The van der Waals surface area contributed by atoms with E-state index in [4.69, 9.17) is 5.73 Å². The van der Waals surface area contributed by atoms with E-state index in [9.17, 15) is 8.42 Å². The lowest BCUT2D eigenvalue weighted by Crippen LogP contribution is -2.45. The number of aliphatic imine (C=N–C) groups is 1. The fourth-order valence-corrected chi connectivity index (χ4v) is 3.62. The fourth-order valence-electron chi connectivity index (χ4n) is 1.85. The molecule has 0 saturated carbocycles. The van der Waals surface area contributed by atoms with Crippen LogP contribution in [0, 0.1) is 0 Å². The van der Waals surface area contributed by atoms with E-state index in [-0.39, 0.29) is 17.3 Å². The number of guanidine groups is 1. The number of hydrogen-bond donors (Lipinski definition) is 2. The van der Waals surface area contributed by atoms with E-state index in [1.54, 1.807) is 0 Å². The van der Waals surface area contributed by atoms with Gasteiger partial charge in [-0.3, -0.25) is 4.99 Å². The second-order valence-corrected chi connectivity index (χ2v) is 7.99. The van der Waals surface area contributed by atoms with Crippen LogP contribution in [0.3, 0.4) is 0 Å². The highest BCUT2D eigenvalue weighted by molar-refractivity contribution is 7.92. The molecule has 0 aromatic heterocycles. The van der Waals surface area contributed by atoms with Crippen LogP contribution < -0.4 is 11.1 Å². The standard InChI is InChI=1S/C11H23N3O2S/c1-11(2,3)14-10(12)13-8-9-6-4-5-7-17(9,15)16/h9H,4-8H2,1-3H3,(H3,12,13,14). The van der Waals surface area contributed by atoms with E-state index in [1.807, 2.05) is 20.8 Å². The van der Waals surface area contributed by atoms with E-state index in [1.165, 1.54) is 0 Å². The second kappa shape index (κ2) is 5.25. The molecule has 0 radical (unpaired) electrons. The van der Waals surface area contributed by atoms with E-state index in [0.717, 1.165) is 12.8 Å². The number of sulfone groups is 1. The molecule has 0 bridgehead atoms. The van der Waals surface area contributed by atoms with Crippen molar-refractivity contribution < 1.29 is 8.42 Å². The van der Waals surface area contributed by atoms with Gasteiger partial charge < -0.3 is 11.1 Å². The largest absolute Gasteiger partial charge is 0.370 e. The third-order valence-corrected chi connectivity index (χ3v) is 4.94. The Kier molecular flexibility index (Phi) is 4.41. The molecule has 0 amide bonds. The highest BCUT2D eigenvalue weighted by Gasteiger charge is 2.28. The van der Waals surface area contributed by atoms with Gasteiger partial charge in [0.05, 0.1) is 17.5 Å². The molecule has 6 heteroatoms. The second-order valence-electron chi connectivity index (χ2n) is 5.59. The van der Waals surface area contributed by atoms with Gasteiger partial charge in [0.2, 0.25) is 0 Å². The third kappa shape index (κ3) is 4.93. The van der Waals surface area contributed by atoms with Gasteiger partial charge in [0.15, 0.2) is 15.8 Å². The molecule has 1 aliphatic rings. The predicted molar refractivity (Wildman–Crippen MR) is 70.8 cm³/mol. The molecule has 1 heterocycles. The van der Waals surface area contributed by atoms with Crippen molar-refractivity contribution in [3.63, 3.8) is 0 Å². The minimum atomic E-state index is -2.95. The van der Waals surface area contributed by atoms with Crippen LogP contribution in [0.15, 0.2) is 4.99 Å². The number of rotatable bonds is 2. The number of nitrogens with two attached hydrogens (primary N) is 1. The Hall–Kier alpha value is -0.780. The molecule has 100 valence electrons. The summed E-state index contributed by atoms with van der Waals surface area (Å²) in [5, 5.41) is 2.67. The molecule has 1 unspecified atom stereocenters. The summed E-state index contributed by atoms with van der Waals surface area (Å²) < 4.78 is 23.5. The topological polar surface area (TPSA) is 84.5 Å². The van der Waals surface area contributed by atoms with E-state index in [0.29, 0.717) is 18.1 Å². The van der Waals surface area contributed by atoms with Gasteiger partial charge in [-0.1, -0.05) is 6.42 Å². The highest BCUT2D eigenvalue weighted by atomic mass is 32.2. The summed E-state index contributed by atoms with van der Waals surface area (Å²) in [6.07, 6.45) is 2.44. The Morgan fingerprint density at radius 2 is 2.06 bits per heavy atom. The van der Waals surface area contributed by atoms with Crippen LogP contribution in [0.1, 0.15) is 40.0 Å². The molecule has 1 rings (SSSR count). The lowest BCUT2D eigenvalue weighted by molar-refractivity contribution is 0.507. The molecule has 0 spiro atoms. The summed E-state index contributed by atoms with van der Waals surface area (Å²) in [5.74, 6) is 0.609. The lowest BCUT2D eigenvalue weighted by atomic mass is 10.1. The van der Waals surface area contributed by atoms with Gasteiger partial charge in [-0.25, -0.2) is 8.42 Å². The summed E-state index contributed by atoms with van der Waals surface area (Å²) in [6.45, 7) is 6.21. The first-order chi connectivity index (χ1) is 7.71. The Labute approximate surface area is 104 Å². The summed E-state index contributed by atoms with van der Waals surface area (Å²) in [4.78, 5) is 4.13. The van der Waals surface area contributed by atoms with Gasteiger partial charge in [0, 0.05) is 5.54 Å². The van der Waals surface area contributed by atoms with Crippen molar-refractivity contribution in [3.8, 4) is 0 Å². The van der Waals surface area contributed by atoms with E-state index >= 15 is 0 Å². The summed E-state index contributed by atoms with van der Waals surface area (Å²) in [5.41, 5.74) is 5.56. The van der Waals surface area contributed by atoms with Crippen LogP contribution in [0.4, 0.5) is 0 Å². The maximum Gasteiger partial charge on any atom is 0.189 e. The quantitative estimate of drug-likeness (QED) is 0.565. The maximum atomic E-state index is 11.7. The molecule has 0 aromatic rings. The molecule has 17 heavy (non-hydrogen) atoms. The van der Waals surface area contributed by atoms with Gasteiger partial charge in [-0.2, -0.15) is 0 Å². The lowest BCUT2D eigenvalue weighted by Gasteiger charge is -2.23. The van der Waals surface area contributed by atoms with Crippen molar-refractivity contribution in [2.24, 2.45) is 10.7 Å². The summed E-state index contributed by atoms with van der Waals surface area (Å²) >= 11 is 0. The number of hydrogen-bond acceptors (Lipinski definition) is 3. The zero-order valence-corrected chi connectivity index (χ0v) is 11.7. The van der Waals surface area contributed by atoms with Gasteiger partial charge in [0.1, 0.15) is 0 Å². The molecular formula is C11H23N3O2S. The first kappa shape index (κ1) is 14.3. The molecule has 1 atom stereocenters. The van der Waals surface area contributed by atoms with Gasteiger partial charge in [-0.15, -0.1) is 0 Å². The summed E-state index contributed by atoms with van der Waals surface area (Å²) in [7, 11) is -2.95. The molecule has 0 aliphatic carbocycles. The van der Waals surface area contributed by atoms with Crippen molar-refractivity contribution in [2.75, 3.05) is 12.3 Å². The SMILES string of the molecule is CC(C)(C)NC(N)=NCC1CCCCS1(=O)=O. The van der Waals surface area contributed by atoms with Gasteiger partial charge in [0.25, 0.3) is 0 Å². The first-order valence-electron chi connectivity index (χ1n) is 6.00. The molecule has 0 aromatic carbocycles. The van der Waals surface area contributed by atoms with Crippen molar-refractivity contribution in [1.29, 1.82) is 0 Å². The zero-order valence-electron chi connectivity index (χ0n) is 10.9. The van der Waals surface area contributed by atoms with Crippen molar-refractivity contribution in [2.45, 2.75) is 50.8 Å². The Balaban J connectivity index is 2.57. The van der Waals surface area contributed by atoms with Crippen molar-refractivity contribution in [1.82, 2.24) is 5.32 Å². The van der Waals surface area contributed by atoms with Gasteiger partial charge in [-0.05, 0) is 33.6 Å². The fraction of sp³-hybridized carbons (Fsp3) is 0.909. The highest BCUT2D eigenvalue weighted by Crippen LogP contribution is 2.19. The maximum absolute atomic E-state index is 11.7. The molecule has 3 N–H and O–H groups in total. The third-order valence-electron chi connectivity index (χ3n) is 2.68. The first-order valence-corrected chi connectivity index (χ1v) is 7.72. The minimum absolute atomic E-state index is 0.154. The van der Waals surface area contributed by atoms with Gasteiger partial charge >= 0.3 is 0 Å². The normalized spacial score (nSPS) is 25.6. The monoisotopic (exact) mass is 261 g/mol. The van der Waals surface area contributed by atoms with Crippen LogP contribution in [0.5, 0.6) is 0 Å². The Bertz CT molecular complexity index is 382. The van der Waals surface area contributed by atoms with Crippen molar-refractivity contribution in [3.05, 3.63) is 0 Å². The minimum Gasteiger partial charge on any atom is -0.370 e. The Morgan fingerprint density at radius 3 is 2.59 bits per heavy atom. The van der Waals surface area contributed by atoms with E-state index < -0.39 is 9.84 Å². The van der Waals surface area contributed by atoms with E-state index in [2.05, 4.69) is 10.3 Å². The molecule has 1 aliphatic heterocycles.